The Labute approximate surface area is 141 Å². The third-order valence-electron chi connectivity index (χ3n) is 4.43. The molecule has 2 heteroatoms. The molecular weight excluding hydrogens is 268 g/mol. The molecule has 0 saturated carbocycles. The van der Waals surface area contributed by atoms with Gasteiger partial charge in [0.1, 0.15) is 0 Å². The highest BCUT2D eigenvalue weighted by molar-refractivity contribution is 4.62. The Morgan fingerprint density at radius 2 is 1.27 bits per heavy atom. The average Bonchev–Trinajstić information content (AvgIpc) is 2.55. The Morgan fingerprint density at radius 3 is 1.82 bits per heavy atom. The van der Waals surface area contributed by atoms with Gasteiger partial charge in [0.2, 0.25) is 0 Å². The van der Waals surface area contributed by atoms with E-state index >= 15 is 0 Å². The van der Waals surface area contributed by atoms with Crippen LogP contribution in [0.2, 0.25) is 0 Å². The fourth-order valence-electron chi connectivity index (χ4n) is 3.12. The van der Waals surface area contributed by atoms with Crippen molar-refractivity contribution in [2.45, 2.75) is 91.9 Å². The van der Waals surface area contributed by atoms with Gasteiger partial charge in [0, 0.05) is 0 Å². The summed E-state index contributed by atoms with van der Waals surface area (Å²) in [6, 6.07) is 0. The van der Waals surface area contributed by atoms with Crippen LogP contribution in [0.5, 0.6) is 0 Å². The minimum Gasteiger partial charge on any atom is -0.303 e. The van der Waals surface area contributed by atoms with Crippen LogP contribution in [0.4, 0.5) is 0 Å². The predicted molar refractivity (Wildman–Crippen MR) is 102 cm³/mol. The van der Waals surface area contributed by atoms with Crippen molar-refractivity contribution in [1.29, 1.82) is 0 Å². The van der Waals surface area contributed by atoms with Crippen LogP contribution in [0.15, 0.2) is 0 Å². The first-order valence-corrected chi connectivity index (χ1v) is 10.2. The lowest BCUT2D eigenvalue weighted by Gasteiger charge is -2.25. The van der Waals surface area contributed by atoms with Crippen LogP contribution in [0.3, 0.4) is 0 Å². The molecule has 0 unspecified atom stereocenters. The highest BCUT2D eigenvalue weighted by Gasteiger charge is 2.07. The monoisotopic (exact) mass is 312 g/mol. The van der Waals surface area contributed by atoms with E-state index in [1.54, 1.807) is 0 Å². The van der Waals surface area contributed by atoms with Crippen molar-refractivity contribution in [3.8, 4) is 0 Å². The lowest BCUT2D eigenvalue weighted by Crippen LogP contribution is -2.30. The van der Waals surface area contributed by atoms with E-state index in [-0.39, 0.29) is 0 Å². The zero-order valence-corrected chi connectivity index (χ0v) is 16.2. The summed E-state index contributed by atoms with van der Waals surface area (Å²) in [6.07, 6.45) is 13.8. The van der Waals surface area contributed by atoms with Gasteiger partial charge in [-0.25, -0.2) is 0 Å². The minimum absolute atomic E-state index is 1.30. The molecule has 0 spiro atoms. The Kier molecular flexibility index (Phi) is 17.2. The summed E-state index contributed by atoms with van der Waals surface area (Å²) in [5, 5.41) is 0. The van der Waals surface area contributed by atoms with E-state index in [4.69, 9.17) is 0 Å². The van der Waals surface area contributed by atoms with E-state index in [2.05, 4.69) is 37.5 Å². The second-order valence-corrected chi connectivity index (χ2v) is 6.80. The fourth-order valence-corrected chi connectivity index (χ4v) is 3.12. The second kappa shape index (κ2) is 17.3. The molecule has 134 valence electrons. The molecule has 1 rings (SSSR count). The molecule has 0 radical (unpaired) electrons. The minimum atomic E-state index is 1.30. The Hall–Kier alpha value is -0.0800. The summed E-state index contributed by atoms with van der Waals surface area (Å²) >= 11 is 0. The van der Waals surface area contributed by atoms with Crippen LogP contribution in [-0.4, -0.2) is 49.1 Å². The molecule has 0 aromatic carbocycles. The molecule has 0 aromatic rings. The number of likely N-dealkylation sites (tertiary alicyclic amines) is 1. The predicted octanol–water partition coefficient (Wildman–Crippen LogP) is 5.57. The molecule has 0 atom stereocenters. The molecule has 1 aliphatic heterocycles. The van der Waals surface area contributed by atoms with E-state index in [0.29, 0.717) is 0 Å². The Morgan fingerprint density at radius 1 is 0.636 bits per heavy atom. The number of hydrogen-bond donors (Lipinski definition) is 0. The fraction of sp³-hybridized carbons (Fsp3) is 1.00. The summed E-state index contributed by atoms with van der Waals surface area (Å²) in [7, 11) is 0. The smallest absolute Gasteiger partial charge is 0.00187 e. The lowest BCUT2D eigenvalue weighted by molar-refractivity contribution is 0.229. The number of nitrogens with zero attached hydrogens (tertiary/aromatic N) is 2. The molecule has 0 aliphatic carbocycles. The van der Waals surface area contributed by atoms with E-state index in [0.717, 1.165) is 0 Å². The highest BCUT2D eigenvalue weighted by atomic mass is 15.1. The van der Waals surface area contributed by atoms with Crippen molar-refractivity contribution in [2.75, 3.05) is 39.3 Å². The van der Waals surface area contributed by atoms with Gasteiger partial charge in [-0.2, -0.15) is 0 Å². The summed E-state index contributed by atoms with van der Waals surface area (Å²) in [5.74, 6) is 0. The summed E-state index contributed by atoms with van der Waals surface area (Å²) in [5.41, 5.74) is 0. The first kappa shape index (κ1) is 21.9. The number of hydrogen-bond acceptors (Lipinski definition) is 2. The Bertz CT molecular complexity index is 197. The van der Waals surface area contributed by atoms with Gasteiger partial charge in [-0.15, -0.1) is 0 Å². The normalized spacial score (nSPS) is 15.7. The van der Waals surface area contributed by atoms with Gasteiger partial charge >= 0.3 is 0 Å². The molecular formula is C20H44N2. The van der Waals surface area contributed by atoms with Gasteiger partial charge < -0.3 is 9.80 Å². The van der Waals surface area contributed by atoms with Crippen LogP contribution in [0, 0.1) is 0 Å². The van der Waals surface area contributed by atoms with E-state index in [9.17, 15) is 0 Å². The van der Waals surface area contributed by atoms with Crippen LogP contribution in [0.1, 0.15) is 91.9 Å². The number of piperidine rings is 1. The molecule has 1 heterocycles. The largest absolute Gasteiger partial charge is 0.303 e. The average molecular weight is 313 g/mol. The van der Waals surface area contributed by atoms with Gasteiger partial charge in [-0.05, 0) is 77.8 Å². The van der Waals surface area contributed by atoms with Crippen molar-refractivity contribution < 1.29 is 0 Å². The molecule has 22 heavy (non-hydrogen) atoms. The third-order valence-corrected chi connectivity index (χ3v) is 4.43. The van der Waals surface area contributed by atoms with Crippen LogP contribution >= 0.6 is 0 Å². The van der Waals surface area contributed by atoms with Crippen molar-refractivity contribution in [3.05, 3.63) is 0 Å². The summed E-state index contributed by atoms with van der Waals surface area (Å²) in [6.45, 7) is 17.0. The third kappa shape index (κ3) is 13.6. The maximum absolute atomic E-state index is 2.62. The molecule has 1 saturated heterocycles. The zero-order valence-electron chi connectivity index (χ0n) is 16.2. The Balaban J connectivity index is 0.000000425. The maximum atomic E-state index is 2.62. The summed E-state index contributed by atoms with van der Waals surface area (Å²) in [4.78, 5) is 5.20. The number of rotatable bonds is 11. The second-order valence-electron chi connectivity index (χ2n) is 6.80. The molecule has 0 aromatic heterocycles. The standard InChI is InChI=1S/C12H27N.C8H17N/c1-4-7-9-12-13(10-6-3)11-8-5-2;1-2-6-9-7-4-3-5-8-9/h4-12H2,1-3H3;2-8H2,1H3. The van der Waals surface area contributed by atoms with Crippen molar-refractivity contribution in [1.82, 2.24) is 9.80 Å². The first-order chi connectivity index (χ1) is 10.8. The highest BCUT2D eigenvalue weighted by Crippen LogP contribution is 2.08. The SMILES string of the molecule is CCCCCN(CCC)CCCC.CCCN1CCCCC1. The van der Waals surface area contributed by atoms with Gasteiger partial charge in [0.15, 0.2) is 0 Å². The molecule has 1 aliphatic rings. The topological polar surface area (TPSA) is 6.48 Å². The summed E-state index contributed by atoms with van der Waals surface area (Å²) < 4.78 is 0. The van der Waals surface area contributed by atoms with E-state index < -0.39 is 0 Å². The van der Waals surface area contributed by atoms with E-state index in [1.165, 1.54) is 103 Å². The quantitative estimate of drug-likeness (QED) is 0.460. The van der Waals surface area contributed by atoms with Gasteiger partial charge in [0.05, 0.1) is 0 Å². The molecule has 0 bridgehead atoms. The molecule has 2 nitrogen and oxygen atoms in total. The van der Waals surface area contributed by atoms with Crippen molar-refractivity contribution in [3.63, 3.8) is 0 Å². The van der Waals surface area contributed by atoms with Crippen LogP contribution in [0.25, 0.3) is 0 Å². The van der Waals surface area contributed by atoms with Gasteiger partial charge in [-0.3, -0.25) is 0 Å². The van der Waals surface area contributed by atoms with Crippen molar-refractivity contribution >= 4 is 0 Å². The molecule has 0 N–H and O–H groups in total. The van der Waals surface area contributed by atoms with Gasteiger partial charge in [-0.1, -0.05) is 53.4 Å². The van der Waals surface area contributed by atoms with Crippen LogP contribution in [-0.2, 0) is 0 Å². The maximum Gasteiger partial charge on any atom is -0.00187 e. The zero-order chi connectivity index (χ0) is 16.5. The van der Waals surface area contributed by atoms with Crippen molar-refractivity contribution in [2.24, 2.45) is 0 Å². The molecule has 0 amide bonds. The first-order valence-electron chi connectivity index (χ1n) is 10.2. The van der Waals surface area contributed by atoms with Crippen LogP contribution < -0.4 is 0 Å². The van der Waals surface area contributed by atoms with Gasteiger partial charge in [0.25, 0.3) is 0 Å². The number of unbranched alkanes of at least 4 members (excludes halogenated alkanes) is 3. The van der Waals surface area contributed by atoms with E-state index in [1.807, 2.05) is 0 Å². The lowest BCUT2D eigenvalue weighted by atomic mass is 10.1. The molecule has 1 fully saturated rings.